The lowest BCUT2D eigenvalue weighted by Gasteiger charge is -2.24. The number of amides is 1. The van der Waals surface area contributed by atoms with E-state index in [0.717, 1.165) is 11.3 Å². The second-order valence-electron chi connectivity index (χ2n) is 6.82. The zero-order valence-electron chi connectivity index (χ0n) is 14.4. The molecule has 0 atom stereocenters. The Labute approximate surface area is 141 Å². The summed E-state index contributed by atoms with van der Waals surface area (Å²) >= 11 is 0. The molecular formula is C18H21N5O. The minimum absolute atomic E-state index is 0.0812. The van der Waals surface area contributed by atoms with Crippen molar-refractivity contribution in [1.82, 2.24) is 19.4 Å². The molecule has 3 aromatic heterocycles. The zero-order chi connectivity index (χ0) is 17.3. The van der Waals surface area contributed by atoms with Gasteiger partial charge >= 0.3 is 0 Å². The highest BCUT2D eigenvalue weighted by atomic mass is 16.2. The van der Waals surface area contributed by atoms with Gasteiger partial charge in [-0.25, -0.2) is 9.97 Å². The summed E-state index contributed by atoms with van der Waals surface area (Å²) in [6.07, 6.45) is 9.03. The topological polar surface area (TPSA) is 63.4 Å². The molecule has 0 saturated carbocycles. The predicted molar refractivity (Wildman–Crippen MR) is 92.8 cm³/mol. The summed E-state index contributed by atoms with van der Waals surface area (Å²) in [5.74, 6) is 0.492. The molecule has 0 N–H and O–H groups in total. The van der Waals surface area contributed by atoms with Crippen molar-refractivity contribution < 1.29 is 4.79 Å². The molecule has 0 unspecified atom stereocenters. The molecule has 3 aromatic rings. The van der Waals surface area contributed by atoms with E-state index in [0.29, 0.717) is 18.0 Å². The van der Waals surface area contributed by atoms with Gasteiger partial charge in [-0.2, -0.15) is 0 Å². The number of aromatic nitrogens is 4. The Balaban J connectivity index is 2.13. The Bertz CT molecular complexity index is 864. The molecule has 24 heavy (non-hydrogen) atoms. The number of rotatable bonds is 3. The van der Waals surface area contributed by atoms with Crippen molar-refractivity contribution in [1.29, 1.82) is 0 Å². The van der Waals surface area contributed by atoms with Crippen LogP contribution in [0.5, 0.6) is 0 Å². The molecule has 6 nitrogen and oxygen atoms in total. The molecule has 0 spiro atoms. The monoisotopic (exact) mass is 323 g/mol. The van der Waals surface area contributed by atoms with E-state index < -0.39 is 0 Å². The van der Waals surface area contributed by atoms with E-state index in [4.69, 9.17) is 4.98 Å². The quantitative estimate of drug-likeness (QED) is 0.743. The number of carbonyl (C=O) groups excluding carboxylic acids is 1. The minimum atomic E-state index is -0.135. The number of hydrogen-bond donors (Lipinski definition) is 0. The highest BCUT2D eigenvalue weighted by Gasteiger charge is 2.23. The Kier molecular flexibility index (Phi) is 4.05. The Morgan fingerprint density at radius 2 is 2.08 bits per heavy atom. The molecule has 3 rings (SSSR count). The number of pyridine rings is 1. The lowest BCUT2D eigenvalue weighted by molar-refractivity contribution is -0.116. The molecule has 0 aliphatic heterocycles. The SMILES string of the molecule is CC(=O)N(Cc1cccnc1)c1nc(C(C)(C)C)cn2ccnc12. The van der Waals surface area contributed by atoms with Crippen LogP contribution in [0.3, 0.4) is 0 Å². The molecule has 0 saturated heterocycles. The summed E-state index contributed by atoms with van der Waals surface area (Å²) in [6.45, 7) is 8.25. The summed E-state index contributed by atoms with van der Waals surface area (Å²) in [7, 11) is 0. The van der Waals surface area contributed by atoms with Crippen LogP contribution in [0, 0.1) is 0 Å². The maximum atomic E-state index is 12.3. The van der Waals surface area contributed by atoms with Gasteiger partial charge in [0.2, 0.25) is 5.91 Å². The van der Waals surface area contributed by atoms with Crippen molar-refractivity contribution in [2.75, 3.05) is 4.90 Å². The minimum Gasteiger partial charge on any atom is -0.302 e. The van der Waals surface area contributed by atoms with Crippen molar-refractivity contribution in [3.63, 3.8) is 0 Å². The summed E-state index contributed by atoms with van der Waals surface area (Å²) < 4.78 is 1.92. The fraction of sp³-hybridized carbons (Fsp3) is 0.333. The lowest BCUT2D eigenvalue weighted by atomic mass is 9.92. The Morgan fingerprint density at radius 1 is 1.29 bits per heavy atom. The maximum Gasteiger partial charge on any atom is 0.225 e. The van der Waals surface area contributed by atoms with Crippen LogP contribution < -0.4 is 4.90 Å². The summed E-state index contributed by atoms with van der Waals surface area (Å²) in [4.78, 5) is 27.2. The smallest absolute Gasteiger partial charge is 0.225 e. The third kappa shape index (κ3) is 3.13. The van der Waals surface area contributed by atoms with Crippen LogP contribution in [0.1, 0.15) is 39.0 Å². The van der Waals surface area contributed by atoms with Gasteiger partial charge in [-0.15, -0.1) is 0 Å². The van der Waals surface area contributed by atoms with Crippen molar-refractivity contribution in [3.8, 4) is 0 Å². The molecule has 0 aromatic carbocycles. The Morgan fingerprint density at radius 3 is 2.71 bits per heavy atom. The van der Waals surface area contributed by atoms with Crippen LogP contribution in [0.25, 0.3) is 5.65 Å². The van der Waals surface area contributed by atoms with Crippen molar-refractivity contribution in [2.24, 2.45) is 0 Å². The molecule has 6 heteroatoms. The number of anilines is 1. The van der Waals surface area contributed by atoms with Gasteiger partial charge in [0, 0.05) is 43.3 Å². The van der Waals surface area contributed by atoms with Gasteiger partial charge in [0.25, 0.3) is 0 Å². The third-order valence-corrected chi connectivity index (χ3v) is 3.82. The fourth-order valence-electron chi connectivity index (χ4n) is 2.47. The Hall–Kier alpha value is -2.76. The number of imidazole rings is 1. The van der Waals surface area contributed by atoms with Crippen LogP contribution in [-0.2, 0) is 16.8 Å². The number of hydrogen-bond acceptors (Lipinski definition) is 4. The molecule has 0 aliphatic rings. The first-order valence-corrected chi connectivity index (χ1v) is 7.87. The standard InChI is InChI=1S/C18H21N5O/c1-13(24)23(11-14-6-5-7-19-10-14)17-16-20-8-9-22(16)12-15(21-17)18(2,3)4/h5-10,12H,11H2,1-4H3. The van der Waals surface area contributed by atoms with Crippen LogP contribution >= 0.6 is 0 Å². The van der Waals surface area contributed by atoms with Crippen LogP contribution in [0.2, 0.25) is 0 Å². The molecule has 1 amide bonds. The highest BCUT2D eigenvalue weighted by molar-refractivity contribution is 5.93. The van der Waals surface area contributed by atoms with Gasteiger partial charge in [-0.05, 0) is 11.6 Å². The van der Waals surface area contributed by atoms with E-state index in [1.54, 1.807) is 30.4 Å². The first kappa shape index (κ1) is 16.1. The van der Waals surface area contributed by atoms with E-state index in [1.807, 2.05) is 28.9 Å². The van der Waals surface area contributed by atoms with E-state index >= 15 is 0 Å². The molecule has 0 aliphatic carbocycles. The second kappa shape index (κ2) is 6.03. The normalized spacial score (nSPS) is 11.7. The zero-order valence-corrected chi connectivity index (χ0v) is 14.4. The summed E-state index contributed by atoms with van der Waals surface area (Å²) in [6, 6.07) is 3.80. The first-order valence-electron chi connectivity index (χ1n) is 7.87. The molecule has 124 valence electrons. The van der Waals surface area contributed by atoms with Gasteiger partial charge < -0.3 is 4.40 Å². The van der Waals surface area contributed by atoms with Crippen molar-refractivity contribution in [3.05, 3.63) is 54.4 Å². The van der Waals surface area contributed by atoms with Crippen molar-refractivity contribution in [2.45, 2.75) is 39.7 Å². The van der Waals surface area contributed by atoms with Crippen LogP contribution in [0.4, 0.5) is 5.82 Å². The summed E-state index contributed by atoms with van der Waals surface area (Å²) in [5, 5.41) is 0. The van der Waals surface area contributed by atoms with E-state index in [9.17, 15) is 4.79 Å². The molecule has 0 radical (unpaired) electrons. The van der Waals surface area contributed by atoms with Gasteiger partial charge in [0.15, 0.2) is 11.5 Å². The number of fused-ring (bicyclic) bond motifs is 1. The van der Waals surface area contributed by atoms with Gasteiger partial charge in [-0.1, -0.05) is 26.8 Å². The highest BCUT2D eigenvalue weighted by Crippen LogP contribution is 2.26. The van der Waals surface area contributed by atoms with Crippen molar-refractivity contribution >= 4 is 17.4 Å². The largest absolute Gasteiger partial charge is 0.302 e. The van der Waals surface area contributed by atoms with Crippen LogP contribution in [0.15, 0.2) is 43.1 Å². The molecule has 0 bridgehead atoms. The molecule has 3 heterocycles. The fourth-order valence-corrected chi connectivity index (χ4v) is 2.47. The first-order chi connectivity index (χ1) is 11.4. The lowest BCUT2D eigenvalue weighted by Crippen LogP contribution is -2.30. The average Bonchev–Trinajstić information content (AvgIpc) is 3.00. The molecular weight excluding hydrogens is 302 g/mol. The summed E-state index contributed by atoms with van der Waals surface area (Å²) in [5.41, 5.74) is 2.38. The van der Waals surface area contributed by atoms with E-state index in [2.05, 4.69) is 30.7 Å². The average molecular weight is 323 g/mol. The van der Waals surface area contributed by atoms with E-state index in [-0.39, 0.29) is 11.3 Å². The number of nitrogens with zero attached hydrogens (tertiary/aromatic N) is 5. The van der Waals surface area contributed by atoms with Gasteiger partial charge in [0.1, 0.15) is 0 Å². The van der Waals surface area contributed by atoms with E-state index in [1.165, 1.54) is 0 Å². The number of carbonyl (C=O) groups is 1. The third-order valence-electron chi connectivity index (χ3n) is 3.82. The molecule has 0 fully saturated rings. The van der Waals surface area contributed by atoms with Gasteiger partial charge in [-0.3, -0.25) is 14.7 Å². The second-order valence-corrected chi connectivity index (χ2v) is 6.82. The maximum absolute atomic E-state index is 12.3. The predicted octanol–water partition coefficient (Wildman–Crippen LogP) is 2.97. The van der Waals surface area contributed by atoms with Gasteiger partial charge in [0.05, 0.1) is 12.2 Å². The van der Waals surface area contributed by atoms with Crippen LogP contribution in [-0.4, -0.2) is 25.3 Å².